The maximum absolute atomic E-state index is 12.4. The molecule has 0 aliphatic carbocycles. The zero-order chi connectivity index (χ0) is 16.2. The summed E-state index contributed by atoms with van der Waals surface area (Å²) in [5, 5.41) is 16.4. The lowest BCUT2D eigenvalue weighted by Crippen LogP contribution is -2.46. The number of para-hydroxylation sites is 1. The maximum atomic E-state index is 12.4. The number of amides is 1. The summed E-state index contributed by atoms with van der Waals surface area (Å²) < 4.78 is 1.71. The summed E-state index contributed by atoms with van der Waals surface area (Å²) >= 11 is 0. The van der Waals surface area contributed by atoms with Gasteiger partial charge in [0.2, 0.25) is 0 Å². The van der Waals surface area contributed by atoms with Gasteiger partial charge in [-0.15, -0.1) is 0 Å². The molecule has 5 nitrogen and oxygen atoms in total. The summed E-state index contributed by atoms with van der Waals surface area (Å²) in [7, 11) is 0. The zero-order valence-electron chi connectivity index (χ0n) is 13.3. The third kappa shape index (κ3) is 3.54. The summed E-state index contributed by atoms with van der Waals surface area (Å²) in [6, 6.07) is 7.88. The van der Waals surface area contributed by atoms with Gasteiger partial charge in [0, 0.05) is 18.3 Å². The lowest BCUT2D eigenvalue weighted by atomic mass is 9.94. The van der Waals surface area contributed by atoms with Crippen LogP contribution in [0.2, 0.25) is 0 Å². The highest BCUT2D eigenvalue weighted by Gasteiger charge is 2.24. The molecule has 0 aliphatic rings. The molecule has 0 saturated heterocycles. The first-order valence-corrected chi connectivity index (χ1v) is 7.53. The van der Waals surface area contributed by atoms with Gasteiger partial charge >= 0.3 is 0 Å². The number of hydrogen-bond acceptors (Lipinski definition) is 3. The van der Waals surface area contributed by atoms with Gasteiger partial charge in [0.25, 0.3) is 5.91 Å². The molecule has 2 N–H and O–H groups in total. The topological polar surface area (TPSA) is 67.2 Å². The SMILES string of the molecule is CCC(C)(CCO)NC(=O)c1cnn(-c2ccccc2C)c1. The number of aromatic nitrogens is 2. The molecule has 1 unspecified atom stereocenters. The van der Waals surface area contributed by atoms with E-state index < -0.39 is 5.54 Å². The van der Waals surface area contributed by atoms with E-state index in [-0.39, 0.29) is 12.5 Å². The van der Waals surface area contributed by atoms with E-state index in [9.17, 15) is 4.79 Å². The fraction of sp³-hybridized carbons (Fsp3) is 0.412. The minimum absolute atomic E-state index is 0.0487. The number of hydrogen-bond donors (Lipinski definition) is 2. The maximum Gasteiger partial charge on any atom is 0.254 e. The van der Waals surface area contributed by atoms with Crippen LogP contribution in [0, 0.1) is 6.92 Å². The van der Waals surface area contributed by atoms with Gasteiger partial charge in [0.05, 0.1) is 17.4 Å². The van der Waals surface area contributed by atoms with Crippen molar-refractivity contribution in [2.24, 2.45) is 0 Å². The number of aliphatic hydroxyl groups excluding tert-OH is 1. The van der Waals surface area contributed by atoms with Crippen LogP contribution in [-0.2, 0) is 0 Å². The molecule has 1 aromatic heterocycles. The normalized spacial score (nSPS) is 13.6. The minimum Gasteiger partial charge on any atom is -0.396 e. The smallest absolute Gasteiger partial charge is 0.254 e. The second-order valence-electron chi connectivity index (χ2n) is 5.80. The summed E-state index contributed by atoms with van der Waals surface area (Å²) in [6.07, 6.45) is 4.58. The van der Waals surface area contributed by atoms with Crippen molar-refractivity contribution in [1.82, 2.24) is 15.1 Å². The Morgan fingerprint density at radius 3 is 2.77 bits per heavy atom. The number of rotatable bonds is 6. The Morgan fingerprint density at radius 1 is 1.41 bits per heavy atom. The van der Waals surface area contributed by atoms with Crippen LogP contribution in [0.15, 0.2) is 36.7 Å². The molecule has 0 saturated carbocycles. The van der Waals surface area contributed by atoms with E-state index in [4.69, 9.17) is 5.11 Å². The van der Waals surface area contributed by atoms with Crippen LogP contribution >= 0.6 is 0 Å². The average Bonchev–Trinajstić information content (AvgIpc) is 2.97. The van der Waals surface area contributed by atoms with Crippen LogP contribution in [0.3, 0.4) is 0 Å². The number of aliphatic hydroxyl groups is 1. The van der Waals surface area contributed by atoms with Crippen molar-refractivity contribution in [3.63, 3.8) is 0 Å². The quantitative estimate of drug-likeness (QED) is 0.861. The van der Waals surface area contributed by atoms with Crippen molar-refractivity contribution in [3.05, 3.63) is 47.8 Å². The Labute approximate surface area is 131 Å². The van der Waals surface area contributed by atoms with Gasteiger partial charge < -0.3 is 10.4 Å². The number of carbonyl (C=O) groups is 1. The van der Waals surface area contributed by atoms with E-state index in [1.807, 2.05) is 45.0 Å². The highest BCUT2D eigenvalue weighted by Crippen LogP contribution is 2.16. The van der Waals surface area contributed by atoms with Gasteiger partial charge in [-0.1, -0.05) is 25.1 Å². The Bertz CT molecular complexity index is 651. The van der Waals surface area contributed by atoms with Crippen LogP contribution in [0.5, 0.6) is 0 Å². The predicted molar refractivity (Wildman–Crippen MR) is 86.2 cm³/mol. The molecule has 0 radical (unpaired) electrons. The fourth-order valence-corrected chi connectivity index (χ4v) is 2.31. The lowest BCUT2D eigenvalue weighted by molar-refractivity contribution is 0.0886. The molecule has 2 rings (SSSR count). The molecule has 1 aromatic carbocycles. The van der Waals surface area contributed by atoms with Gasteiger partial charge in [-0.2, -0.15) is 5.10 Å². The van der Waals surface area contributed by atoms with Gasteiger partial charge in [-0.25, -0.2) is 4.68 Å². The first kappa shape index (κ1) is 16.2. The molecule has 1 atom stereocenters. The summed E-state index contributed by atoms with van der Waals surface area (Å²) in [5.41, 5.74) is 2.16. The third-order valence-corrected chi connectivity index (χ3v) is 4.07. The van der Waals surface area contributed by atoms with Crippen LogP contribution < -0.4 is 5.32 Å². The standard InChI is InChI=1S/C17H23N3O2/c1-4-17(3,9-10-21)19-16(22)14-11-18-20(12-14)15-8-6-5-7-13(15)2/h5-8,11-12,21H,4,9-10H2,1-3H3,(H,19,22). The van der Waals surface area contributed by atoms with Gasteiger partial charge in [-0.05, 0) is 38.3 Å². The Hall–Kier alpha value is -2.14. The van der Waals surface area contributed by atoms with Crippen molar-refractivity contribution in [2.45, 2.75) is 39.2 Å². The molecular weight excluding hydrogens is 278 g/mol. The van der Waals surface area contributed by atoms with E-state index in [1.54, 1.807) is 17.1 Å². The molecule has 1 heterocycles. The zero-order valence-corrected chi connectivity index (χ0v) is 13.3. The molecular formula is C17H23N3O2. The number of carbonyl (C=O) groups excluding carboxylic acids is 1. The molecule has 5 heteroatoms. The largest absolute Gasteiger partial charge is 0.396 e. The van der Waals surface area contributed by atoms with E-state index in [2.05, 4.69) is 10.4 Å². The van der Waals surface area contributed by atoms with Gasteiger partial charge in [-0.3, -0.25) is 4.79 Å². The first-order chi connectivity index (χ1) is 10.5. The first-order valence-electron chi connectivity index (χ1n) is 7.53. The summed E-state index contributed by atoms with van der Waals surface area (Å²) in [5.74, 6) is -0.169. The summed E-state index contributed by atoms with van der Waals surface area (Å²) in [4.78, 5) is 12.4. The average molecular weight is 301 g/mol. The number of benzene rings is 1. The monoisotopic (exact) mass is 301 g/mol. The Kier molecular flexibility index (Phi) is 4.98. The molecule has 118 valence electrons. The van der Waals surface area contributed by atoms with E-state index in [1.165, 1.54) is 0 Å². The molecule has 22 heavy (non-hydrogen) atoms. The van der Waals surface area contributed by atoms with Crippen molar-refractivity contribution in [1.29, 1.82) is 0 Å². The molecule has 0 fully saturated rings. The Balaban J connectivity index is 2.18. The van der Waals surface area contributed by atoms with Crippen molar-refractivity contribution in [2.75, 3.05) is 6.61 Å². The molecule has 0 aliphatic heterocycles. The second-order valence-corrected chi connectivity index (χ2v) is 5.80. The van der Waals surface area contributed by atoms with Crippen molar-refractivity contribution < 1.29 is 9.90 Å². The molecule has 1 amide bonds. The van der Waals surface area contributed by atoms with Crippen LogP contribution in [0.25, 0.3) is 5.69 Å². The highest BCUT2D eigenvalue weighted by molar-refractivity contribution is 5.94. The van der Waals surface area contributed by atoms with E-state index >= 15 is 0 Å². The third-order valence-electron chi connectivity index (χ3n) is 4.07. The van der Waals surface area contributed by atoms with Gasteiger partial charge in [0.1, 0.15) is 0 Å². The molecule has 2 aromatic rings. The molecule has 0 bridgehead atoms. The number of aryl methyl sites for hydroxylation is 1. The molecule has 0 spiro atoms. The fourth-order valence-electron chi connectivity index (χ4n) is 2.31. The highest BCUT2D eigenvalue weighted by atomic mass is 16.3. The predicted octanol–water partition coefficient (Wildman–Crippen LogP) is 2.46. The van der Waals surface area contributed by atoms with E-state index in [0.717, 1.165) is 17.7 Å². The number of nitrogens with zero attached hydrogens (tertiary/aromatic N) is 2. The number of nitrogens with one attached hydrogen (secondary N) is 1. The summed E-state index contributed by atoms with van der Waals surface area (Å²) in [6.45, 7) is 5.98. The van der Waals surface area contributed by atoms with Crippen molar-refractivity contribution >= 4 is 5.91 Å². The van der Waals surface area contributed by atoms with Crippen LogP contribution in [0.1, 0.15) is 42.6 Å². The minimum atomic E-state index is -0.406. The van der Waals surface area contributed by atoms with Crippen molar-refractivity contribution in [3.8, 4) is 5.69 Å². The van der Waals surface area contributed by atoms with Crippen LogP contribution in [0.4, 0.5) is 0 Å². The lowest BCUT2D eigenvalue weighted by Gasteiger charge is -2.28. The van der Waals surface area contributed by atoms with Crippen LogP contribution in [-0.4, -0.2) is 32.9 Å². The second kappa shape index (κ2) is 6.75. The Morgan fingerprint density at radius 2 is 2.14 bits per heavy atom. The van der Waals surface area contributed by atoms with E-state index in [0.29, 0.717) is 12.0 Å². The van der Waals surface area contributed by atoms with Gasteiger partial charge in [0.15, 0.2) is 0 Å².